The van der Waals surface area contributed by atoms with E-state index >= 15 is 0 Å². The first-order valence-corrected chi connectivity index (χ1v) is 11.3. The van der Waals surface area contributed by atoms with Crippen molar-refractivity contribution in [3.8, 4) is 5.88 Å². The van der Waals surface area contributed by atoms with Crippen molar-refractivity contribution < 1.29 is 14.8 Å². The molecule has 0 radical (unpaired) electrons. The molecule has 10 nitrogen and oxygen atoms in total. The average molecular weight is 463 g/mol. The van der Waals surface area contributed by atoms with Crippen molar-refractivity contribution in [2.45, 2.75) is 19.4 Å². The lowest BCUT2D eigenvalue weighted by atomic mass is 10.1. The number of imidazole rings is 1. The number of rotatable bonds is 7. The van der Waals surface area contributed by atoms with Crippen LogP contribution in [0, 0.1) is 10.1 Å². The fourth-order valence-electron chi connectivity index (χ4n) is 4.50. The number of ether oxygens (including phenoxy) is 1. The zero-order valence-corrected chi connectivity index (χ0v) is 18.6. The van der Waals surface area contributed by atoms with Crippen LogP contribution in [0.5, 0.6) is 5.88 Å². The van der Waals surface area contributed by atoms with Crippen LogP contribution in [0.2, 0.25) is 0 Å². The quantitative estimate of drug-likeness (QED) is 0.331. The summed E-state index contributed by atoms with van der Waals surface area (Å²) in [6.07, 6.45) is 0.823. The molecule has 0 bridgehead atoms. The smallest absolute Gasteiger partial charge is 0.269 e. The van der Waals surface area contributed by atoms with E-state index in [1.165, 1.54) is 16.5 Å². The van der Waals surface area contributed by atoms with Crippen molar-refractivity contribution in [1.82, 2.24) is 18.9 Å². The number of para-hydroxylation sites is 2. The molecule has 0 saturated carbocycles. The fourth-order valence-corrected chi connectivity index (χ4v) is 4.50. The van der Waals surface area contributed by atoms with Gasteiger partial charge in [0.1, 0.15) is 0 Å². The van der Waals surface area contributed by atoms with Crippen LogP contribution in [0.3, 0.4) is 0 Å². The van der Waals surface area contributed by atoms with E-state index in [1.54, 1.807) is 16.7 Å². The van der Waals surface area contributed by atoms with Gasteiger partial charge in [-0.2, -0.15) is 0 Å². The van der Waals surface area contributed by atoms with Crippen molar-refractivity contribution in [3.05, 3.63) is 80.1 Å². The Kier molecular flexibility index (Phi) is 5.99. The van der Waals surface area contributed by atoms with Crippen LogP contribution in [0.15, 0.2) is 53.3 Å². The number of aromatic hydroxyl groups is 1. The van der Waals surface area contributed by atoms with E-state index in [4.69, 9.17) is 4.74 Å². The summed E-state index contributed by atoms with van der Waals surface area (Å²) >= 11 is 0. The minimum Gasteiger partial charge on any atom is -0.494 e. The average Bonchev–Trinajstić information content (AvgIpc) is 3.24. The molecule has 0 unspecified atom stereocenters. The number of non-ortho nitro benzene ring substituents is 1. The standard InChI is InChI=1S/C24H25N5O5/c30-22-19(16-17-5-3-6-18(15-17)29(32)33)23(31)28-21-8-2-1-7-20(21)25-24(28)27(22)10-4-9-26-11-13-34-14-12-26/h1-3,5-8,15,30H,4,9-14,16H2. The van der Waals surface area contributed by atoms with Gasteiger partial charge in [0.2, 0.25) is 11.7 Å². The summed E-state index contributed by atoms with van der Waals surface area (Å²) in [7, 11) is 0. The molecular formula is C24H25N5O5. The monoisotopic (exact) mass is 463 g/mol. The predicted octanol–water partition coefficient (Wildman–Crippen LogP) is 2.58. The third-order valence-electron chi connectivity index (χ3n) is 6.23. The minimum atomic E-state index is -0.472. The summed E-state index contributed by atoms with van der Waals surface area (Å²) < 4.78 is 8.61. The third-order valence-corrected chi connectivity index (χ3v) is 6.23. The third kappa shape index (κ3) is 4.13. The number of morpholine rings is 1. The molecule has 0 spiro atoms. The number of hydrogen-bond donors (Lipinski definition) is 1. The second kappa shape index (κ2) is 9.24. The van der Waals surface area contributed by atoms with Gasteiger partial charge in [-0.15, -0.1) is 0 Å². The van der Waals surface area contributed by atoms with Gasteiger partial charge in [-0.05, 0) is 24.1 Å². The molecule has 1 fully saturated rings. The zero-order chi connectivity index (χ0) is 23.7. The molecule has 5 rings (SSSR count). The van der Waals surface area contributed by atoms with Gasteiger partial charge in [-0.25, -0.2) is 9.38 Å². The first kappa shape index (κ1) is 22.1. The van der Waals surface area contributed by atoms with Crippen LogP contribution in [-0.2, 0) is 17.7 Å². The van der Waals surface area contributed by atoms with Crippen LogP contribution >= 0.6 is 0 Å². The minimum absolute atomic E-state index is 0.0583. The molecule has 0 atom stereocenters. The van der Waals surface area contributed by atoms with Crippen molar-refractivity contribution in [2.24, 2.45) is 0 Å². The molecule has 3 heterocycles. The highest BCUT2D eigenvalue weighted by Crippen LogP contribution is 2.25. The summed E-state index contributed by atoms with van der Waals surface area (Å²) in [5.41, 5.74) is 1.64. The highest BCUT2D eigenvalue weighted by molar-refractivity contribution is 5.79. The fraction of sp³-hybridized carbons (Fsp3) is 0.333. The molecule has 0 amide bonds. The summed E-state index contributed by atoms with van der Waals surface area (Å²) in [4.78, 5) is 31.2. The molecule has 1 N–H and O–H groups in total. The molecule has 10 heteroatoms. The van der Waals surface area contributed by atoms with Crippen molar-refractivity contribution in [2.75, 3.05) is 32.8 Å². The van der Waals surface area contributed by atoms with Gasteiger partial charge in [-0.1, -0.05) is 24.3 Å². The van der Waals surface area contributed by atoms with Gasteiger partial charge < -0.3 is 9.84 Å². The van der Waals surface area contributed by atoms with E-state index in [-0.39, 0.29) is 29.1 Å². The van der Waals surface area contributed by atoms with Crippen LogP contribution in [0.4, 0.5) is 5.69 Å². The molecule has 1 saturated heterocycles. The number of benzene rings is 2. The van der Waals surface area contributed by atoms with Crippen LogP contribution < -0.4 is 5.56 Å². The van der Waals surface area contributed by atoms with Crippen molar-refractivity contribution in [3.63, 3.8) is 0 Å². The number of nitro groups is 1. The van der Waals surface area contributed by atoms with Crippen LogP contribution in [0.25, 0.3) is 16.8 Å². The molecule has 1 aliphatic rings. The normalized spacial score (nSPS) is 14.7. The Bertz CT molecular complexity index is 1420. The second-order valence-electron chi connectivity index (χ2n) is 8.41. The molecule has 2 aromatic heterocycles. The van der Waals surface area contributed by atoms with Gasteiger partial charge in [0.15, 0.2) is 0 Å². The largest absolute Gasteiger partial charge is 0.494 e. The molecule has 4 aromatic rings. The number of hydrogen-bond acceptors (Lipinski definition) is 7. The highest BCUT2D eigenvalue weighted by atomic mass is 16.6. The lowest BCUT2D eigenvalue weighted by molar-refractivity contribution is -0.384. The van der Waals surface area contributed by atoms with E-state index in [0.29, 0.717) is 42.1 Å². The molecule has 34 heavy (non-hydrogen) atoms. The van der Waals surface area contributed by atoms with Gasteiger partial charge >= 0.3 is 0 Å². The Morgan fingerprint density at radius 2 is 1.88 bits per heavy atom. The maximum absolute atomic E-state index is 13.5. The number of nitrogens with zero attached hydrogens (tertiary/aromatic N) is 5. The second-order valence-corrected chi connectivity index (χ2v) is 8.41. The van der Waals surface area contributed by atoms with Gasteiger partial charge in [0, 0.05) is 44.7 Å². The summed E-state index contributed by atoms with van der Waals surface area (Å²) in [5, 5.41) is 22.4. The Balaban J connectivity index is 1.57. The summed E-state index contributed by atoms with van der Waals surface area (Å²) in [6.45, 7) is 4.48. The SMILES string of the molecule is O=c1c(Cc2cccc([N+](=O)[O-])c2)c(O)n(CCCN2CCOCC2)c2nc3ccccc3n12. The molecule has 2 aromatic carbocycles. The van der Waals surface area contributed by atoms with Crippen molar-refractivity contribution >= 4 is 22.5 Å². The molecular weight excluding hydrogens is 438 g/mol. The van der Waals surface area contributed by atoms with Crippen LogP contribution in [-0.4, -0.2) is 61.7 Å². The Morgan fingerprint density at radius 1 is 1.09 bits per heavy atom. The Hall–Kier alpha value is -3.76. The van der Waals surface area contributed by atoms with E-state index < -0.39 is 4.92 Å². The zero-order valence-electron chi connectivity index (χ0n) is 18.6. The summed E-state index contributed by atoms with van der Waals surface area (Å²) in [6, 6.07) is 13.5. The van der Waals surface area contributed by atoms with E-state index in [2.05, 4.69) is 9.88 Å². The Labute approximate surface area is 194 Å². The summed E-state index contributed by atoms with van der Waals surface area (Å²) in [5.74, 6) is 0.231. The van der Waals surface area contributed by atoms with Gasteiger partial charge in [0.25, 0.3) is 11.2 Å². The van der Waals surface area contributed by atoms with Crippen LogP contribution in [0.1, 0.15) is 17.5 Å². The van der Waals surface area contributed by atoms with Gasteiger partial charge in [-0.3, -0.25) is 24.4 Å². The lowest BCUT2D eigenvalue weighted by Gasteiger charge is -2.26. The van der Waals surface area contributed by atoms with E-state index in [0.717, 1.165) is 26.1 Å². The highest BCUT2D eigenvalue weighted by Gasteiger charge is 2.21. The number of nitro benzene ring substituents is 1. The topological polar surface area (TPSA) is 115 Å². The first-order chi connectivity index (χ1) is 16.5. The molecule has 0 aliphatic carbocycles. The van der Waals surface area contributed by atoms with E-state index in [1.807, 2.05) is 24.3 Å². The van der Waals surface area contributed by atoms with E-state index in [9.17, 15) is 20.0 Å². The molecule has 176 valence electrons. The number of fused-ring (bicyclic) bond motifs is 3. The first-order valence-electron chi connectivity index (χ1n) is 11.3. The number of aryl methyl sites for hydroxylation is 1. The maximum atomic E-state index is 13.5. The maximum Gasteiger partial charge on any atom is 0.269 e. The van der Waals surface area contributed by atoms with Gasteiger partial charge in [0.05, 0.1) is 34.7 Å². The number of aromatic nitrogens is 3. The Morgan fingerprint density at radius 3 is 2.68 bits per heavy atom. The molecule has 1 aliphatic heterocycles. The lowest BCUT2D eigenvalue weighted by Crippen LogP contribution is -2.37. The predicted molar refractivity (Wildman–Crippen MR) is 126 cm³/mol. The van der Waals surface area contributed by atoms with Crippen molar-refractivity contribution in [1.29, 1.82) is 0 Å².